The van der Waals surface area contributed by atoms with Crippen molar-refractivity contribution in [3.8, 4) is 0 Å². The molecule has 0 aliphatic rings. The molecule has 0 fully saturated rings. The van der Waals surface area contributed by atoms with Crippen LogP contribution in [0.5, 0.6) is 0 Å². The van der Waals surface area contributed by atoms with Crippen LogP contribution in [0.1, 0.15) is 22.7 Å². The third-order valence-corrected chi connectivity index (χ3v) is 3.06. The fourth-order valence-electron chi connectivity index (χ4n) is 1.99. The van der Waals surface area contributed by atoms with Crippen molar-refractivity contribution in [2.24, 2.45) is 5.73 Å². The number of nitrogen functional groups attached to an aromatic ring is 1. The van der Waals surface area contributed by atoms with Gasteiger partial charge < -0.3 is 16.8 Å². The van der Waals surface area contributed by atoms with Crippen LogP contribution >= 0.6 is 0 Å². The molecule has 2 aromatic carbocycles. The van der Waals surface area contributed by atoms with Gasteiger partial charge in [-0.25, -0.2) is 4.79 Å². The van der Waals surface area contributed by atoms with E-state index in [9.17, 15) is 4.79 Å². The van der Waals surface area contributed by atoms with E-state index < -0.39 is 6.03 Å². The van der Waals surface area contributed by atoms with Crippen LogP contribution < -0.4 is 16.8 Å². The van der Waals surface area contributed by atoms with Gasteiger partial charge >= 0.3 is 6.03 Å². The second-order valence-electron chi connectivity index (χ2n) is 4.47. The number of aryl methyl sites for hydroxylation is 1. The van der Waals surface area contributed by atoms with Gasteiger partial charge in [0.2, 0.25) is 0 Å². The number of urea groups is 1. The summed E-state index contributed by atoms with van der Waals surface area (Å²) in [6.07, 6.45) is 0. The van der Waals surface area contributed by atoms with Gasteiger partial charge in [-0.2, -0.15) is 0 Å². The van der Waals surface area contributed by atoms with E-state index in [2.05, 4.69) is 5.32 Å². The van der Waals surface area contributed by atoms with E-state index >= 15 is 0 Å². The normalized spacial score (nSPS) is 11.8. The van der Waals surface area contributed by atoms with Gasteiger partial charge in [0, 0.05) is 5.69 Å². The Bertz CT molecular complexity index is 581. The third-order valence-electron chi connectivity index (χ3n) is 3.06. The van der Waals surface area contributed by atoms with Crippen LogP contribution in [0.25, 0.3) is 0 Å². The summed E-state index contributed by atoms with van der Waals surface area (Å²) in [5.74, 6) is 0. The molecule has 0 aromatic heterocycles. The Morgan fingerprint density at radius 2 is 1.79 bits per heavy atom. The van der Waals surface area contributed by atoms with E-state index in [-0.39, 0.29) is 6.04 Å². The Labute approximate surface area is 112 Å². The second kappa shape index (κ2) is 5.44. The molecule has 19 heavy (non-hydrogen) atoms. The molecule has 4 nitrogen and oxygen atoms in total. The highest BCUT2D eigenvalue weighted by molar-refractivity contribution is 5.73. The van der Waals surface area contributed by atoms with Crippen molar-refractivity contribution in [2.45, 2.75) is 13.0 Å². The molecule has 0 heterocycles. The number of anilines is 1. The minimum atomic E-state index is -0.562. The lowest BCUT2D eigenvalue weighted by Crippen LogP contribution is -2.33. The van der Waals surface area contributed by atoms with Crippen molar-refractivity contribution >= 4 is 11.7 Å². The number of carbonyl (C=O) groups excluding carboxylic acids is 1. The zero-order valence-electron chi connectivity index (χ0n) is 10.8. The molecule has 0 aliphatic heterocycles. The molecule has 0 bridgehead atoms. The first kappa shape index (κ1) is 13.0. The monoisotopic (exact) mass is 255 g/mol. The van der Waals surface area contributed by atoms with E-state index in [0.29, 0.717) is 5.69 Å². The van der Waals surface area contributed by atoms with E-state index in [4.69, 9.17) is 11.5 Å². The lowest BCUT2D eigenvalue weighted by atomic mass is 9.97. The molecular weight excluding hydrogens is 238 g/mol. The maximum Gasteiger partial charge on any atom is 0.312 e. The summed E-state index contributed by atoms with van der Waals surface area (Å²) in [5.41, 5.74) is 14.8. The fourth-order valence-corrected chi connectivity index (χ4v) is 1.99. The second-order valence-corrected chi connectivity index (χ2v) is 4.47. The SMILES string of the molecule is Cc1ccc(C(NC(N)=O)c2ccccc2)cc1N. The Morgan fingerprint density at radius 3 is 2.37 bits per heavy atom. The van der Waals surface area contributed by atoms with Crippen LogP contribution in [0.3, 0.4) is 0 Å². The largest absolute Gasteiger partial charge is 0.399 e. The standard InChI is InChI=1S/C15H17N3O/c1-10-7-8-12(9-13(10)16)14(18-15(17)19)11-5-3-2-4-6-11/h2-9,14H,16H2,1H3,(H3,17,18,19). The van der Waals surface area contributed by atoms with Gasteiger partial charge in [-0.1, -0.05) is 42.5 Å². The first-order chi connectivity index (χ1) is 9.08. The lowest BCUT2D eigenvalue weighted by Gasteiger charge is -2.19. The van der Waals surface area contributed by atoms with Crippen LogP contribution in [0, 0.1) is 6.92 Å². The lowest BCUT2D eigenvalue weighted by molar-refractivity contribution is 0.247. The number of benzene rings is 2. The number of hydrogen-bond acceptors (Lipinski definition) is 2. The highest BCUT2D eigenvalue weighted by Crippen LogP contribution is 2.24. The number of rotatable bonds is 3. The highest BCUT2D eigenvalue weighted by atomic mass is 16.2. The number of nitrogens with one attached hydrogen (secondary N) is 1. The Kier molecular flexibility index (Phi) is 3.71. The van der Waals surface area contributed by atoms with Crippen molar-refractivity contribution in [1.29, 1.82) is 0 Å². The highest BCUT2D eigenvalue weighted by Gasteiger charge is 2.15. The van der Waals surface area contributed by atoms with Gasteiger partial charge in [0.25, 0.3) is 0 Å². The van der Waals surface area contributed by atoms with Crippen LogP contribution in [0.2, 0.25) is 0 Å². The molecule has 98 valence electrons. The Balaban J connectivity index is 2.42. The molecule has 2 aromatic rings. The molecule has 0 saturated heterocycles. The van der Waals surface area contributed by atoms with Gasteiger partial charge in [-0.05, 0) is 29.7 Å². The van der Waals surface area contributed by atoms with E-state index in [0.717, 1.165) is 16.7 Å². The van der Waals surface area contributed by atoms with Crippen LogP contribution in [0.4, 0.5) is 10.5 Å². The summed E-state index contributed by atoms with van der Waals surface area (Å²) >= 11 is 0. The van der Waals surface area contributed by atoms with Crippen molar-refractivity contribution in [1.82, 2.24) is 5.32 Å². The summed E-state index contributed by atoms with van der Waals surface area (Å²) in [6, 6.07) is 14.5. The van der Waals surface area contributed by atoms with Crippen molar-refractivity contribution in [2.75, 3.05) is 5.73 Å². The Morgan fingerprint density at radius 1 is 1.11 bits per heavy atom. The Hall–Kier alpha value is -2.49. The summed E-state index contributed by atoms with van der Waals surface area (Å²) in [4.78, 5) is 11.2. The summed E-state index contributed by atoms with van der Waals surface area (Å²) in [7, 11) is 0. The minimum Gasteiger partial charge on any atom is -0.399 e. The first-order valence-corrected chi connectivity index (χ1v) is 6.05. The van der Waals surface area contributed by atoms with E-state index in [1.165, 1.54) is 0 Å². The van der Waals surface area contributed by atoms with Gasteiger partial charge in [0.05, 0.1) is 6.04 Å². The van der Waals surface area contributed by atoms with E-state index in [1.807, 2.05) is 55.5 Å². The number of nitrogens with two attached hydrogens (primary N) is 2. The molecule has 5 N–H and O–H groups in total. The van der Waals surface area contributed by atoms with E-state index in [1.54, 1.807) is 0 Å². The molecule has 2 amide bonds. The molecule has 2 rings (SSSR count). The van der Waals surface area contributed by atoms with Gasteiger partial charge in [-0.15, -0.1) is 0 Å². The van der Waals surface area contributed by atoms with Crippen LogP contribution in [0.15, 0.2) is 48.5 Å². The maximum atomic E-state index is 11.2. The molecule has 0 saturated carbocycles. The van der Waals surface area contributed by atoms with Crippen LogP contribution in [-0.2, 0) is 0 Å². The average Bonchev–Trinajstić information content (AvgIpc) is 2.40. The van der Waals surface area contributed by atoms with Crippen molar-refractivity contribution in [3.05, 3.63) is 65.2 Å². The first-order valence-electron chi connectivity index (χ1n) is 6.05. The number of primary amides is 1. The molecule has 0 aliphatic carbocycles. The zero-order valence-corrected chi connectivity index (χ0v) is 10.8. The molecule has 1 unspecified atom stereocenters. The summed E-state index contributed by atoms with van der Waals surface area (Å²) < 4.78 is 0. The minimum absolute atomic E-state index is 0.290. The zero-order chi connectivity index (χ0) is 13.8. The maximum absolute atomic E-state index is 11.2. The number of amides is 2. The topological polar surface area (TPSA) is 81.1 Å². The molecule has 1 atom stereocenters. The van der Waals surface area contributed by atoms with Gasteiger partial charge in [-0.3, -0.25) is 0 Å². The molecule has 0 radical (unpaired) electrons. The van der Waals surface area contributed by atoms with Crippen molar-refractivity contribution < 1.29 is 4.79 Å². The smallest absolute Gasteiger partial charge is 0.312 e. The summed E-state index contributed by atoms with van der Waals surface area (Å²) in [5, 5.41) is 2.74. The van der Waals surface area contributed by atoms with Crippen molar-refractivity contribution in [3.63, 3.8) is 0 Å². The number of hydrogen-bond donors (Lipinski definition) is 3. The molecule has 0 spiro atoms. The average molecular weight is 255 g/mol. The van der Waals surface area contributed by atoms with Gasteiger partial charge in [0.1, 0.15) is 0 Å². The predicted octanol–water partition coefficient (Wildman–Crippen LogP) is 2.33. The summed E-state index contributed by atoms with van der Waals surface area (Å²) in [6.45, 7) is 1.94. The number of carbonyl (C=O) groups is 1. The van der Waals surface area contributed by atoms with Gasteiger partial charge in [0.15, 0.2) is 0 Å². The van der Waals surface area contributed by atoms with Crippen LogP contribution in [-0.4, -0.2) is 6.03 Å². The quantitative estimate of drug-likeness (QED) is 0.736. The predicted molar refractivity (Wildman–Crippen MR) is 76.6 cm³/mol. The fraction of sp³-hybridized carbons (Fsp3) is 0.133. The third kappa shape index (κ3) is 3.04. The molecular formula is C15H17N3O. The molecule has 4 heteroatoms.